The van der Waals surface area contributed by atoms with Crippen molar-refractivity contribution < 1.29 is 8.42 Å². The molecule has 1 N–H and O–H groups in total. The van der Waals surface area contributed by atoms with E-state index in [1.807, 2.05) is 20.2 Å². The van der Waals surface area contributed by atoms with E-state index < -0.39 is 9.84 Å². The first kappa shape index (κ1) is 15.2. The van der Waals surface area contributed by atoms with Gasteiger partial charge in [-0.2, -0.15) is 0 Å². The third kappa shape index (κ3) is 3.26. The molecule has 1 fully saturated rings. The summed E-state index contributed by atoms with van der Waals surface area (Å²) in [7, 11) is 1.05. The summed E-state index contributed by atoms with van der Waals surface area (Å²) in [6, 6.07) is 6.25. The van der Waals surface area contributed by atoms with Gasteiger partial charge in [-0.3, -0.25) is 0 Å². The van der Waals surface area contributed by atoms with Crippen molar-refractivity contribution in [3.63, 3.8) is 0 Å². The predicted molar refractivity (Wildman–Crippen MR) is 85.4 cm³/mol. The molecule has 0 heterocycles. The largest absolute Gasteiger partial charge is 0.381 e. The quantitative estimate of drug-likeness (QED) is 0.927. The summed E-state index contributed by atoms with van der Waals surface area (Å²) in [5.41, 5.74) is 3.34. The number of hydrogen-bond donors (Lipinski definition) is 1. The Morgan fingerprint density at radius 1 is 1.25 bits per heavy atom. The van der Waals surface area contributed by atoms with Gasteiger partial charge < -0.3 is 10.2 Å². The minimum absolute atomic E-state index is 0.0360. The van der Waals surface area contributed by atoms with E-state index in [-0.39, 0.29) is 11.3 Å². The number of nitrogens with one attached hydrogen (secondary N) is 1. The molecule has 0 amide bonds. The van der Waals surface area contributed by atoms with Crippen molar-refractivity contribution in [2.45, 2.75) is 37.5 Å². The summed E-state index contributed by atoms with van der Waals surface area (Å²) in [6.07, 6.45) is 4.02. The van der Waals surface area contributed by atoms with Crippen molar-refractivity contribution in [3.8, 4) is 0 Å². The van der Waals surface area contributed by atoms with Crippen LogP contribution in [0, 0.1) is 6.92 Å². The van der Waals surface area contributed by atoms with Crippen molar-refractivity contribution in [3.05, 3.63) is 23.8 Å². The smallest absolute Gasteiger partial charge is 0.152 e. The Hall–Kier alpha value is -1.23. The lowest BCUT2D eigenvalue weighted by Gasteiger charge is -2.23. The fraction of sp³-hybridized carbons (Fsp3) is 0.600. The van der Waals surface area contributed by atoms with Crippen LogP contribution in [0.15, 0.2) is 18.2 Å². The van der Waals surface area contributed by atoms with Crippen LogP contribution in [-0.2, 0) is 9.84 Å². The van der Waals surface area contributed by atoms with E-state index in [4.69, 9.17) is 0 Å². The summed E-state index contributed by atoms with van der Waals surface area (Å²) in [5, 5.41) is 3.18. The van der Waals surface area contributed by atoms with E-state index in [2.05, 4.69) is 29.3 Å². The van der Waals surface area contributed by atoms with Gasteiger partial charge in [0.25, 0.3) is 0 Å². The van der Waals surface area contributed by atoms with E-state index in [0.717, 1.165) is 36.2 Å². The van der Waals surface area contributed by atoms with Gasteiger partial charge in [0.15, 0.2) is 9.84 Å². The molecular formula is C15H24N2O2S. The molecule has 1 aliphatic rings. The number of benzene rings is 1. The molecule has 2 rings (SSSR count). The monoisotopic (exact) mass is 296 g/mol. The lowest BCUT2D eigenvalue weighted by Crippen LogP contribution is -2.34. The van der Waals surface area contributed by atoms with E-state index in [1.54, 1.807) is 0 Å². The molecule has 20 heavy (non-hydrogen) atoms. The second-order valence-corrected chi connectivity index (χ2v) is 8.21. The molecule has 112 valence electrons. The summed E-state index contributed by atoms with van der Waals surface area (Å²) in [6.45, 7) is 2.06. The molecule has 1 saturated carbocycles. The first-order valence-electron chi connectivity index (χ1n) is 7.02. The standard InChI is InChI=1S/C15H24N2O2S/c1-11-10-12(17(2)3)8-9-13(11)16-14-6-5-7-15(14)20(4,18)19/h8-10,14-16H,5-7H2,1-4H3. The Labute approximate surface area is 122 Å². The number of nitrogens with zero attached hydrogens (tertiary/aromatic N) is 1. The lowest BCUT2D eigenvalue weighted by molar-refractivity contribution is 0.579. The van der Waals surface area contributed by atoms with Gasteiger partial charge in [0.2, 0.25) is 0 Å². The topological polar surface area (TPSA) is 49.4 Å². The average molecular weight is 296 g/mol. The van der Waals surface area contributed by atoms with Crippen molar-refractivity contribution in [2.75, 3.05) is 30.6 Å². The second-order valence-electron chi connectivity index (χ2n) is 5.94. The zero-order valence-corrected chi connectivity index (χ0v) is 13.5. The SMILES string of the molecule is Cc1cc(N(C)C)ccc1NC1CCCC1S(C)(=O)=O. The van der Waals surface area contributed by atoms with Crippen LogP contribution in [0.4, 0.5) is 11.4 Å². The highest BCUT2D eigenvalue weighted by Gasteiger charge is 2.34. The van der Waals surface area contributed by atoms with Crippen LogP contribution in [0.25, 0.3) is 0 Å². The molecule has 5 heteroatoms. The van der Waals surface area contributed by atoms with Gasteiger partial charge in [-0.1, -0.05) is 0 Å². The summed E-state index contributed by atoms with van der Waals surface area (Å²) in [5.74, 6) is 0. The average Bonchev–Trinajstić information content (AvgIpc) is 2.79. The molecular weight excluding hydrogens is 272 g/mol. The molecule has 0 aromatic heterocycles. The summed E-state index contributed by atoms with van der Waals surface area (Å²) in [4.78, 5) is 2.06. The molecule has 0 radical (unpaired) electrons. The van der Waals surface area contributed by atoms with Crippen molar-refractivity contribution in [1.82, 2.24) is 0 Å². The van der Waals surface area contributed by atoms with Gasteiger partial charge >= 0.3 is 0 Å². The van der Waals surface area contributed by atoms with Gasteiger partial charge in [0, 0.05) is 37.8 Å². The first-order chi connectivity index (χ1) is 9.29. The minimum Gasteiger partial charge on any atom is -0.381 e. The molecule has 1 aromatic carbocycles. The molecule has 0 bridgehead atoms. The molecule has 2 unspecified atom stereocenters. The maximum atomic E-state index is 11.8. The highest BCUT2D eigenvalue weighted by atomic mass is 32.2. The minimum atomic E-state index is -2.98. The number of anilines is 2. The van der Waals surface area contributed by atoms with Gasteiger partial charge in [-0.05, 0) is 49.9 Å². The Morgan fingerprint density at radius 3 is 2.50 bits per heavy atom. The van der Waals surface area contributed by atoms with Crippen LogP contribution in [0.2, 0.25) is 0 Å². The van der Waals surface area contributed by atoms with Crippen LogP contribution in [0.5, 0.6) is 0 Å². The zero-order chi connectivity index (χ0) is 14.9. The molecule has 0 saturated heterocycles. The molecule has 1 aromatic rings. The third-order valence-corrected chi connectivity index (χ3v) is 5.73. The Morgan fingerprint density at radius 2 is 1.95 bits per heavy atom. The van der Waals surface area contributed by atoms with Crippen LogP contribution in [0.3, 0.4) is 0 Å². The molecule has 4 nitrogen and oxygen atoms in total. The van der Waals surface area contributed by atoms with Crippen LogP contribution < -0.4 is 10.2 Å². The second kappa shape index (κ2) is 5.64. The fourth-order valence-electron chi connectivity index (χ4n) is 2.89. The molecule has 0 aliphatic heterocycles. The Kier molecular flexibility index (Phi) is 4.28. The number of aryl methyl sites for hydroxylation is 1. The highest BCUT2D eigenvalue weighted by molar-refractivity contribution is 7.91. The van der Waals surface area contributed by atoms with Crippen molar-refractivity contribution >= 4 is 21.2 Å². The number of hydrogen-bond acceptors (Lipinski definition) is 4. The third-order valence-electron chi connectivity index (χ3n) is 4.07. The number of rotatable bonds is 4. The van der Waals surface area contributed by atoms with E-state index in [0.29, 0.717) is 0 Å². The Balaban J connectivity index is 2.18. The maximum Gasteiger partial charge on any atom is 0.152 e. The molecule has 0 spiro atoms. The van der Waals surface area contributed by atoms with Crippen LogP contribution in [0.1, 0.15) is 24.8 Å². The van der Waals surface area contributed by atoms with E-state index >= 15 is 0 Å². The first-order valence-corrected chi connectivity index (χ1v) is 8.98. The van der Waals surface area contributed by atoms with Crippen molar-refractivity contribution in [1.29, 1.82) is 0 Å². The number of sulfone groups is 1. The normalized spacial score (nSPS) is 22.8. The van der Waals surface area contributed by atoms with Gasteiger partial charge in [0.05, 0.1) is 5.25 Å². The Bertz CT molecular complexity index is 582. The zero-order valence-electron chi connectivity index (χ0n) is 12.7. The van der Waals surface area contributed by atoms with Crippen molar-refractivity contribution in [2.24, 2.45) is 0 Å². The van der Waals surface area contributed by atoms with Crippen LogP contribution >= 0.6 is 0 Å². The summed E-state index contributed by atoms with van der Waals surface area (Å²) >= 11 is 0. The molecule has 1 aliphatic carbocycles. The van der Waals surface area contributed by atoms with Crippen LogP contribution in [-0.4, -0.2) is 40.1 Å². The van der Waals surface area contributed by atoms with Gasteiger partial charge in [-0.15, -0.1) is 0 Å². The highest BCUT2D eigenvalue weighted by Crippen LogP contribution is 2.30. The summed E-state index contributed by atoms with van der Waals surface area (Å²) < 4.78 is 23.6. The lowest BCUT2D eigenvalue weighted by atomic mass is 10.1. The predicted octanol–water partition coefficient (Wildman–Crippen LogP) is 2.44. The fourth-order valence-corrected chi connectivity index (χ4v) is 4.29. The van der Waals surface area contributed by atoms with E-state index in [1.165, 1.54) is 6.26 Å². The molecule has 2 atom stereocenters. The van der Waals surface area contributed by atoms with Gasteiger partial charge in [0.1, 0.15) is 0 Å². The van der Waals surface area contributed by atoms with E-state index in [9.17, 15) is 8.42 Å². The maximum absolute atomic E-state index is 11.8. The van der Waals surface area contributed by atoms with Gasteiger partial charge in [-0.25, -0.2) is 8.42 Å².